The average molecular weight is 650 g/mol. The molecule has 0 radical (unpaired) electrons. The van der Waals surface area contributed by atoms with Crippen molar-refractivity contribution in [2.24, 2.45) is 17.8 Å². The molecular formula is C37H55N5O5. The predicted molar refractivity (Wildman–Crippen MR) is 183 cm³/mol. The van der Waals surface area contributed by atoms with Gasteiger partial charge in [0, 0.05) is 18.7 Å². The van der Waals surface area contributed by atoms with Gasteiger partial charge in [0.15, 0.2) is 0 Å². The number of aromatic nitrogens is 1. The number of hydrogen-bond acceptors (Lipinski definition) is 6. The number of nitrogens with zero attached hydrogens (tertiary/aromatic N) is 2. The van der Waals surface area contributed by atoms with Gasteiger partial charge >= 0.3 is 0 Å². The van der Waals surface area contributed by atoms with Crippen LogP contribution in [-0.2, 0) is 32.1 Å². The summed E-state index contributed by atoms with van der Waals surface area (Å²) in [5.74, 6) is -1.30. The van der Waals surface area contributed by atoms with Crippen molar-refractivity contribution in [2.45, 2.75) is 117 Å². The van der Waals surface area contributed by atoms with E-state index in [0.717, 1.165) is 18.4 Å². The Morgan fingerprint density at radius 1 is 1.00 bits per heavy atom. The van der Waals surface area contributed by atoms with Crippen LogP contribution in [0.5, 0.6) is 0 Å². The predicted octanol–water partition coefficient (Wildman–Crippen LogP) is 4.16. The van der Waals surface area contributed by atoms with E-state index in [-0.39, 0.29) is 48.4 Å². The number of nitrogens with one attached hydrogen (secondary N) is 3. The van der Waals surface area contributed by atoms with Crippen molar-refractivity contribution in [1.82, 2.24) is 25.8 Å². The second-order valence-corrected chi connectivity index (χ2v) is 13.4. The van der Waals surface area contributed by atoms with Crippen LogP contribution in [0.15, 0.2) is 54.7 Å². The first-order valence-corrected chi connectivity index (χ1v) is 17.3. The summed E-state index contributed by atoms with van der Waals surface area (Å²) in [5, 5.41) is 20.0. The summed E-state index contributed by atoms with van der Waals surface area (Å²) in [6.07, 6.45) is 4.83. The second-order valence-electron chi connectivity index (χ2n) is 13.4. The van der Waals surface area contributed by atoms with Gasteiger partial charge in [-0.3, -0.25) is 24.2 Å². The Kier molecular flexibility index (Phi) is 15.3. The molecule has 1 aliphatic heterocycles. The molecule has 47 heavy (non-hydrogen) atoms. The monoisotopic (exact) mass is 649 g/mol. The molecule has 3 rings (SSSR count). The number of benzene rings is 1. The molecule has 6 atom stereocenters. The minimum atomic E-state index is -1.18. The standard InChI is InChI=1S/C37H55N5O5/c1-6-8-17-31(42-20-18-28(37(42)47)22-27-14-10-9-11-15-27)35(45)40-30(21-25(3)4)32(43)23-33(44)41-34(26(5)7-2)36(46)39-24-29-16-12-13-19-38-29/h9-16,19,25-26,28,30-32,34,43H,6-8,17-18,20-24H2,1-5H3,(H,39,46)(H,40,45)(H,41,44)/t26-,28?,30+,31+,32+,34+/m1/s1. The fraction of sp³-hybridized carbons (Fsp3) is 0.595. The third-order valence-electron chi connectivity index (χ3n) is 9.08. The highest BCUT2D eigenvalue weighted by Gasteiger charge is 2.39. The molecule has 1 saturated heterocycles. The normalized spacial score (nSPS) is 17.9. The maximum Gasteiger partial charge on any atom is 0.243 e. The Morgan fingerprint density at radius 3 is 2.36 bits per heavy atom. The number of rotatable bonds is 19. The van der Waals surface area contributed by atoms with Crippen LogP contribution in [-0.4, -0.2) is 69.4 Å². The van der Waals surface area contributed by atoms with E-state index in [2.05, 4.69) is 20.9 Å². The molecule has 258 valence electrons. The Balaban J connectivity index is 1.66. The van der Waals surface area contributed by atoms with E-state index in [1.54, 1.807) is 17.2 Å². The van der Waals surface area contributed by atoms with Crippen LogP contribution in [0.3, 0.4) is 0 Å². The van der Waals surface area contributed by atoms with Crippen LogP contribution in [0.4, 0.5) is 0 Å². The first kappa shape index (κ1) is 37.7. The van der Waals surface area contributed by atoms with E-state index in [4.69, 9.17) is 0 Å². The van der Waals surface area contributed by atoms with Gasteiger partial charge < -0.3 is 26.0 Å². The quantitative estimate of drug-likeness (QED) is 0.180. The Bertz CT molecular complexity index is 1270. The van der Waals surface area contributed by atoms with Crippen LogP contribution in [0.2, 0.25) is 0 Å². The largest absolute Gasteiger partial charge is 0.390 e. The van der Waals surface area contributed by atoms with Crippen molar-refractivity contribution in [1.29, 1.82) is 0 Å². The molecule has 1 fully saturated rings. The number of amides is 4. The van der Waals surface area contributed by atoms with E-state index in [9.17, 15) is 24.3 Å². The van der Waals surface area contributed by atoms with E-state index < -0.39 is 30.1 Å². The highest BCUT2D eigenvalue weighted by Crippen LogP contribution is 2.26. The lowest BCUT2D eigenvalue weighted by molar-refractivity contribution is -0.140. The summed E-state index contributed by atoms with van der Waals surface area (Å²) in [6, 6.07) is 13.2. The summed E-state index contributed by atoms with van der Waals surface area (Å²) in [6.45, 7) is 10.6. The Hall–Kier alpha value is -3.79. The van der Waals surface area contributed by atoms with Crippen molar-refractivity contribution >= 4 is 23.6 Å². The zero-order valence-electron chi connectivity index (χ0n) is 28.8. The number of unbranched alkanes of at least 4 members (excludes halogenated alkanes) is 1. The first-order chi connectivity index (χ1) is 22.5. The van der Waals surface area contributed by atoms with Crippen molar-refractivity contribution in [2.75, 3.05) is 6.54 Å². The summed E-state index contributed by atoms with van der Waals surface area (Å²) in [7, 11) is 0. The van der Waals surface area contributed by atoms with Gasteiger partial charge in [0.1, 0.15) is 12.1 Å². The molecule has 0 aliphatic carbocycles. The number of likely N-dealkylation sites (tertiary alicyclic amines) is 1. The smallest absolute Gasteiger partial charge is 0.243 e. The molecule has 1 unspecified atom stereocenters. The van der Waals surface area contributed by atoms with Gasteiger partial charge in [-0.05, 0) is 55.2 Å². The fourth-order valence-electron chi connectivity index (χ4n) is 6.14. The maximum atomic E-state index is 13.8. The van der Waals surface area contributed by atoms with Gasteiger partial charge in [-0.1, -0.05) is 90.3 Å². The number of carbonyl (C=O) groups excluding carboxylic acids is 4. The first-order valence-electron chi connectivity index (χ1n) is 17.3. The third-order valence-corrected chi connectivity index (χ3v) is 9.08. The van der Waals surface area contributed by atoms with Gasteiger partial charge in [-0.15, -0.1) is 0 Å². The average Bonchev–Trinajstić information content (AvgIpc) is 3.41. The van der Waals surface area contributed by atoms with Crippen LogP contribution in [0.25, 0.3) is 0 Å². The van der Waals surface area contributed by atoms with E-state index in [0.29, 0.717) is 44.3 Å². The van der Waals surface area contributed by atoms with Gasteiger partial charge in [0.05, 0.1) is 30.8 Å². The molecule has 0 saturated carbocycles. The Labute approximate surface area is 280 Å². The maximum absolute atomic E-state index is 13.8. The summed E-state index contributed by atoms with van der Waals surface area (Å²) < 4.78 is 0. The van der Waals surface area contributed by atoms with Crippen molar-refractivity contribution < 1.29 is 24.3 Å². The van der Waals surface area contributed by atoms with Crippen molar-refractivity contribution in [3.8, 4) is 0 Å². The SMILES string of the molecule is CCCC[C@@H](C(=O)N[C@@H](CC(C)C)[C@@H](O)CC(=O)N[C@H](C(=O)NCc1ccccn1)[C@H](C)CC)N1CCC(Cc2ccccc2)C1=O. The lowest BCUT2D eigenvalue weighted by atomic mass is 9.95. The van der Waals surface area contributed by atoms with Crippen LogP contribution in [0, 0.1) is 17.8 Å². The fourth-order valence-corrected chi connectivity index (χ4v) is 6.14. The minimum absolute atomic E-state index is 0.0113. The van der Waals surface area contributed by atoms with Gasteiger partial charge in [0.25, 0.3) is 0 Å². The third kappa shape index (κ3) is 11.8. The zero-order valence-corrected chi connectivity index (χ0v) is 28.8. The molecule has 4 N–H and O–H groups in total. The molecule has 1 aromatic heterocycles. The summed E-state index contributed by atoms with van der Waals surface area (Å²) >= 11 is 0. The van der Waals surface area contributed by atoms with Gasteiger partial charge in [-0.25, -0.2) is 0 Å². The van der Waals surface area contributed by atoms with Crippen molar-refractivity contribution in [3.05, 3.63) is 66.0 Å². The number of pyridine rings is 1. The molecule has 4 amide bonds. The number of aliphatic hydroxyl groups is 1. The molecule has 1 aliphatic rings. The second kappa shape index (κ2) is 19.1. The topological polar surface area (TPSA) is 141 Å². The van der Waals surface area contributed by atoms with Crippen LogP contribution < -0.4 is 16.0 Å². The molecule has 0 spiro atoms. The molecular weight excluding hydrogens is 594 g/mol. The minimum Gasteiger partial charge on any atom is -0.390 e. The molecule has 2 aromatic rings. The Morgan fingerprint density at radius 2 is 1.72 bits per heavy atom. The van der Waals surface area contributed by atoms with E-state index in [1.165, 1.54) is 0 Å². The number of hydrogen-bond donors (Lipinski definition) is 4. The van der Waals surface area contributed by atoms with E-state index in [1.807, 2.05) is 77.1 Å². The number of carbonyl (C=O) groups is 4. The molecule has 0 bridgehead atoms. The van der Waals surface area contributed by atoms with Crippen LogP contribution >= 0.6 is 0 Å². The lowest BCUT2D eigenvalue weighted by Crippen LogP contribution is -2.55. The molecule has 1 aromatic carbocycles. The van der Waals surface area contributed by atoms with Gasteiger partial charge in [0.2, 0.25) is 23.6 Å². The van der Waals surface area contributed by atoms with Crippen LogP contribution in [0.1, 0.15) is 90.8 Å². The summed E-state index contributed by atoms with van der Waals surface area (Å²) in [4.78, 5) is 59.6. The lowest BCUT2D eigenvalue weighted by Gasteiger charge is -2.32. The zero-order chi connectivity index (χ0) is 34.3. The van der Waals surface area contributed by atoms with Crippen molar-refractivity contribution in [3.63, 3.8) is 0 Å². The molecule has 2 heterocycles. The summed E-state index contributed by atoms with van der Waals surface area (Å²) in [5.41, 5.74) is 1.80. The number of aliphatic hydroxyl groups excluding tert-OH is 1. The molecule has 10 heteroatoms. The van der Waals surface area contributed by atoms with Gasteiger partial charge in [-0.2, -0.15) is 0 Å². The highest BCUT2D eigenvalue weighted by molar-refractivity contribution is 5.90. The van der Waals surface area contributed by atoms with E-state index >= 15 is 0 Å². The highest BCUT2D eigenvalue weighted by atomic mass is 16.3. The molecule has 10 nitrogen and oxygen atoms in total.